The summed E-state index contributed by atoms with van der Waals surface area (Å²) in [5, 5.41) is 10.1. The van der Waals surface area contributed by atoms with E-state index in [2.05, 4.69) is 4.98 Å². The van der Waals surface area contributed by atoms with E-state index in [1.807, 2.05) is 30.5 Å². The third-order valence-electron chi connectivity index (χ3n) is 2.80. The second-order valence-corrected chi connectivity index (χ2v) is 3.78. The summed E-state index contributed by atoms with van der Waals surface area (Å²) >= 11 is 0. The molecule has 0 saturated heterocycles. The molecule has 0 bridgehead atoms. The van der Waals surface area contributed by atoms with Gasteiger partial charge in [-0.25, -0.2) is 4.79 Å². The number of carbonyl (C=O) groups is 1. The lowest BCUT2D eigenvalue weighted by Gasteiger charge is -2.07. The van der Waals surface area contributed by atoms with Crippen molar-refractivity contribution in [3.8, 4) is 5.69 Å². The molecule has 0 aliphatic rings. The Morgan fingerprint density at radius 3 is 2.88 bits per heavy atom. The largest absolute Gasteiger partial charge is 0.477 e. The van der Waals surface area contributed by atoms with Crippen LogP contribution < -0.4 is 0 Å². The van der Waals surface area contributed by atoms with E-state index in [-0.39, 0.29) is 5.69 Å². The van der Waals surface area contributed by atoms with Crippen LogP contribution in [0.4, 0.5) is 0 Å². The van der Waals surface area contributed by atoms with Crippen LogP contribution in [0.3, 0.4) is 0 Å². The predicted molar refractivity (Wildman–Crippen MR) is 64.6 cm³/mol. The van der Waals surface area contributed by atoms with Gasteiger partial charge in [0.15, 0.2) is 0 Å². The van der Waals surface area contributed by atoms with Crippen molar-refractivity contribution in [1.82, 2.24) is 9.55 Å². The van der Waals surface area contributed by atoms with E-state index in [9.17, 15) is 4.79 Å². The number of aromatic amines is 1. The summed E-state index contributed by atoms with van der Waals surface area (Å²) in [5.74, 6) is -0.928. The molecule has 0 radical (unpaired) electrons. The van der Waals surface area contributed by atoms with Crippen molar-refractivity contribution >= 4 is 16.9 Å². The third kappa shape index (κ3) is 1.42. The van der Waals surface area contributed by atoms with Gasteiger partial charge in [0, 0.05) is 23.3 Å². The van der Waals surface area contributed by atoms with Crippen LogP contribution in [0.2, 0.25) is 0 Å². The number of aromatic carboxylic acids is 1. The minimum Gasteiger partial charge on any atom is -0.477 e. The van der Waals surface area contributed by atoms with E-state index in [4.69, 9.17) is 5.11 Å². The number of nitrogens with one attached hydrogen (secondary N) is 1. The predicted octanol–water partition coefficient (Wildman–Crippen LogP) is 2.66. The number of fused-ring (bicyclic) bond motifs is 1. The molecule has 0 saturated carbocycles. The van der Waals surface area contributed by atoms with Gasteiger partial charge in [0.1, 0.15) is 5.69 Å². The van der Waals surface area contributed by atoms with E-state index in [1.54, 1.807) is 22.9 Å². The zero-order valence-electron chi connectivity index (χ0n) is 8.92. The highest BCUT2D eigenvalue weighted by molar-refractivity contribution is 5.91. The summed E-state index contributed by atoms with van der Waals surface area (Å²) in [6, 6.07) is 11.0. The lowest BCUT2D eigenvalue weighted by atomic mass is 10.2. The van der Waals surface area contributed by atoms with Gasteiger partial charge in [-0.15, -0.1) is 0 Å². The number of H-pyrrole nitrogens is 1. The average molecular weight is 226 g/mol. The van der Waals surface area contributed by atoms with Crippen LogP contribution in [0, 0.1) is 0 Å². The zero-order chi connectivity index (χ0) is 11.8. The summed E-state index contributed by atoms with van der Waals surface area (Å²) < 4.78 is 1.68. The summed E-state index contributed by atoms with van der Waals surface area (Å²) in [4.78, 5) is 14.2. The first kappa shape index (κ1) is 9.72. The fraction of sp³-hybridized carbons (Fsp3) is 0. The van der Waals surface area contributed by atoms with Crippen molar-refractivity contribution in [3.63, 3.8) is 0 Å². The first-order valence-corrected chi connectivity index (χ1v) is 5.24. The molecular formula is C13H10N2O2. The second-order valence-electron chi connectivity index (χ2n) is 3.78. The minimum absolute atomic E-state index is 0.263. The Labute approximate surface area is 97.1 Å². The van der Waals surface area contributed by atoms with Crippen molar-refractivity contribution in [1.29, 1.82) is 0 Å². The van der Waals surface area contributed by atoms with Gasteiger partial charge in [0.05, 0.1) is 5.69 Å². The van der Waals surface area contributed by atoms with Crippen molar-refractivity contribution in [3.05, 3.63) is 54.5 Å². The fourth-order valence-corrected chi connectivity index (χ4v) is 2.04. The van der Waals surface area contributed by atoms with Crippen molar-refractivity contribution in [2.45, 2.75) is 0 Å². The maximum atomic E-state index is 11.1. The van der Waals surface area contributed by atoms with Gasteiger partial charge in [-0.05, 0) is 30.3 Å². The van der Waals surface area contributed by atoms with Crippen molar-refractivity contribution < 1.29 is 9.90 Å². The molecule has 2 aromatic heterocycles. The number of hydrogen-bond acceptors (Lipinski definition) is 1. The molecule has 0 fully saturated rings. The maximum absolute atomic E-state index is 11.1. The van der Waals surface area contributed by atoms with Gasteiger partial charge in [0.25, 0.3) is 0 Å². The molecule has 2 N–H and O–H groups in total. The van der Waals surface area contributed by atoms with Crippen LogP contribution in [-0.4, -0.2) is 20.6 Å². The summed E-state index contributed by atoms with van der Waals surface area (Å²) in [7, 11) is 0. The molecular weight excluding hydrogens is 216 g/mol. The summed E-state index contributed by atoms with van der Waals surface area (Å²) in [6.07, 6.45) is 3.60. The molecule has 3 rings (SSSR count). The smallest absolute Gasteiger partial charge is 0.352 e. The molecule has 0 aliphatic heterocycles. The molecule has 0 spiro atoms. The number of benzene rings is 1. The highest BCUT2D eigenvalue weighted by atomic mass is 16.4. The summed E-state index contributed by atoms with van der Waals surface area (Å²) in [5.41, 5.74) is 2.12. The highest BCUT2D eigenvalue weighted by Gasteiger charge is 2.12. The lowest BCUT2D eigenvalue weighted by Crippen LogP contribution is -2.05. The van der Waals surface area contributed by atoms with Gasteiger partial charge in [-0.3, -0.25) is 0 Å². The van der Waals surface area contributed by atoms with Crippen LogP contribution in [0.25, 0.3) is 16.6 Å². The van der Waals surface area contributed by atoms with E-state index in [0.29, 0.717) is 0 Å². The number of nitrogens with zero attached hydrogens (tertiary/aromatic N) is 1. The molecule has 84 valence electrons. The molecule has 3 aromatic rings. The third-order valence-corrected chi connectivity index (χ3v) is 2.80. The lowest BCUT2D eigenvalue weighted by molar-refractivity contribution is 0.0688. The Hall–Kier alpha value is -2.49. The zero-order valence-corrected chi connectivity index (χ0v) is 8.92. The maximum Gasteiger partial charge on any atom is 0.352 e. The average Bonchev–Trinajstić information content (AvgIpc) is 2.97. The molecule has 4 heteroatoms. The van der Waals surface area contributed by atoms with Crippen molar-refractivity contribution in [2.75, 3.05) is 0 Å². The minimum atomic E-state index is -0.928. The Morgan fingerprint density at radius 1 is 1.18 bits per heavy atom. The van der Waals surface area contributed by atoms with Gasteiger partial charge < -0.3 is 14.7 Å². The fourth-order valence-electron chi connectivity index (χ4n) is 2.04. The molecule has 0 amide bonds. The number of carboxylic acid groups (broad SMARTS) is 1. The van der Waals surface area contributed by atoms with Crippen LogP contribution in [-0.2, 0) is 0 Å². The summed E-state index contributed by atoms with van der Waals surface area (Å²) in [6.45, 7) is 0. The molecule has 1 aromatic carbocycles. The monoisotopic (exact) mass is 226 g/mol. The van der Waals surface area contributed by atoms with Gasteiger partial charge >= 0.3 is 5.97 Å². The Morgan fingerprint density at radius 2 is 2.06 bits per heavy atom. The number of aromatic nitrogens is 2. The standard InChI is InChI=1S/C13H10N2O2/c16-13(17)12-5-2-8-15(12)11-4-1-3-10-9(11)6-7-14-10/h1-8,14H,(H,16,17). The molecule has 2 heterocycles. The second kappa shape index (κ2) is 3.52. The SMILES string of the molecule is O=C(O)c1cccn1-c1cccc2[nH]ccc12. The Kier molecular flexibility index (Phi) is 2.01. The number of rotatable bonds is 2. The van der Waals surface area contributed by atoms with E-state index >= 15 is 0 Å². The van der Waals surface area contributed by atoms with E-state index in [0.717, 1.165) is 16.6 Å². The molecule has 4 nitrogen and oxygen atoms in total. The van der Waals surface area contributed by atoms with Crippen LogP contribution in [0.1, 0.15) is 10.5 Å². The van der Waals surface area contributed by atoms with E-state index in [1.165, 1.54) is 0 Å². The topological polar surface area (TPSA) is 58.0 Å². The number of carboxylic acids is 1. The molecule has 0 atom stereocenters. The van der Waals surface area contributed by atoms with Gasteiger partial charge in [-0.2, -0.15) is 0 Å². The van der Waals surface area contributed by atoms with E-state index < -0.39 is 5.97 Å². The normalized spacial score (nSPS) is 10.8. The Balaban J connectivity index is 2.30. The van der Waals surface area contributed by atoms with Crippen LogP contribution in [0.15, 0.2) is 48.8 Å². The first-order chi connectivity index (χ1) is 8.27. The van der Waals surface area contributed by atoms with Gasteiger partial charge in [0.2, 0.25) is 0 Å². The quantitative estimate of drug-likeness (QED) is 0.705. The van der Waals surface area contributed by atoms with Crippen LogP contribution in [0.5, 0.6) is 0 Å². The molecule has 0 unspecified atom stereocenters. The Bertz CT molecular complexity index is 694. The van der Waals surface area contributed by atoms with Crippen LogP contribution >= 0.6 is 0 Å². The molecule has 0 aliphatic carbocycles. The highest BCUT2D eigenvalue weighted by Crippen LogP contribution is 2.22. The first-order valence-electron chi connectivity index (χ1n) is 5.24. The molecule has 17 heavy (non-hydrogen) atoms. The van der Waals surface area contributed by atoms with Crippen molar-refractivity contribution in [2.24, 2.45) is 0 Å². The van der Waals surface area contributed by atoms with Gasteiger partial charge in [-0.1, -0.05) is 6.07 Å². The number of hydrogen-bond donors (Lipinski definition) is 2.